The van der Waals surface area contributed by atoms with Gasteiger partial charge < -0.3 is 5.32 Å². The van der Waals surface area contributed by atoms with Gasteiger partial charge in [-0.3, -0.25) is 0 Å². The van der Waals surface area contributed by atoms with Crippen LogP contribution in [0.15, 0.2) is 0 Å². The van der Waals surface area contributed by atoms with Gasteiger partial charge in [-0.25, -0.2) is 8.78 Å². The average Bonchev–Trinajstić information content (AvgIpc) is 2.00. The van der Waals surface area contributed by atoms with Crippen LogP contribution >= 0.6 is 0 Å². The minimum Gasteiger partial charge on any atom is -0.308 e. The zero-order valence-electron chi connectivity index (χ0n) is 7.08. The number of hydrogen-bond acceptors (Lipinski definition) is 1. The fraction of sp³-hybridized carbons (Fsp3) is 1.00. The van der Waals surface area contributed by atoms with Gasteiger partial charge in [0.25, 0.3) is 0 Å². The van der Waals surface area contributed by atoms with Crippen molar-refractivity contribution in [2.45, 2.75) is 38.7 Å². The summed E-state index contributed by atoms with van der Waals surface area (Å²) in [5.74, 6) is -3.91. The minimum atomic E-state index is -3.91. The van der Waals surface area contributed by atoms with E-state index in [-0.39, 0.29) is 6.04 Å². The standard InChI is InChI=1S/C7H13F4N/c1-3-5(2)12-4-7(10,11)6(8)9/h5-6,12H,3-4H2,1-2H3. The number of nitrogens with one attached hydrogen (secondary N) is 1. The maximum absolute atomic E-state index is 12.2. The van der Waals surface area contributed by atoms with Gasteiger partial charge in [0.05, 0.1) is 6.54 Å². The number of rotatable bonds is 5. The van der Waals surface area contributed by atoms with Gasteiger partial charge in [-0.15, -0.1) is 0 Å². The summed E-state index contributed by atoms with van der Waals surface area (Å²) in [6, 6.07) is -0.158. The molecule has 0 bridgehead atoms. The van der Waals surface area contributed by atoms with Crippen molar-refractivity contribution in [3.8, 4) is 0 Å². The van der Waals surface area contributed by atoms with E-state index in [1.54, 1.807) is 13.8 Å². The number of halogens is 4. The highest BCUT2D eigenvalue weighted by molar-refractivity contribution is 4.73. The van der Waals surface area contributed by atoms with E-state index < -0.39 is 18.9 Å². The van der Waals surface area contributed by atoms with Crippen LogP contribution in [-0.2, 0) is 0 Å². The Hall–Kier alpha value is -0.320. The molecule has 12 heavy (non-hydrogen) atoms. The second-order valence-electron chi connectivity index (χ2n) is 2.75. The lowest BCUT2D eigenvalue weighted by atomic mass is 10.2. The van der Waals surface area contributed by atoms with Gasteiger partial charge in [0.1, 0.15) is 0 Å². The first-order valence-electron chi connectivity index (χ1n) is 3.79. The van der Waals surface area contributed by atoms with Gasteiger partial charge in [0.15, 0.2) is 0 Å². The average molecular weight is 187 g/mol. The second-order valence-corrected chi connectivity index (χ2v) is 2.75. The van der Waals surface area contributed by atoms with E-state index >= 15 is 0 Å². The summed E-state index contributed by atoms with van der Waals surface area (Å²) in [7, 11) is 0. The summed E-state index contributed by atoms with van der Waals surface area (Å²) < 4.78 is 47.6. The Morgan fingerprint density at radius 2 is 1.83 bits per heavy atom. The smallest absolute Gasteiger partial charge is 0.308 e. The third-order valence-electron chi connectivity index (χ3n) is 1.62. The molecule has 0 spiro atoms. The summed E-state index contributed by atoms with van der Waals surface area (Å²) >= 11 is 0. The highest BCUT2D eigenvalue weighted by atomic mass is 19.3. The zero-order chi connectivity index (χ0) is 9.78. The van der Waals surface area contributed by atoms with Crippen LogP contribution in [0.5, 0.6) is 0 Å². The minimum absolute atomic E-state index is 0.158. The molecule has 1 unspecified atom stereocenters. The van der Waals surface area contributed by atoms with Crippen molar-refractivity contribution in [3.05, 3.63) is 0 Å². The van der Waals surface area contributed by atoms with Crippen molar-refractivity contribution in [2.75, 3.05) is 6.54 Å². The van der Waals surface area contributed by atoms with Crippen molar-refractivity contribution in [2.24, 2.45) is 0 Å². The molecular formula is C7H13F4N. The van der Waals surface area contributed by atoms with E-state index in [1.165, 1.54) is 0 Å². The van der Waals surface area contributed by atoms with E-state index in [2.05, 4.69) is 5.32 Å². The van der Waals surface area contributed by atoms with Gasteiger partial charge in [0.2, 0.25) is 0 Å². The Bertz CT molecular complexity index is 127. The largest absolute Gasteiger partial charge is 0.319 e. The van der Waals surface area contributed by atoms with Crippen LogP contribution in [0.3, 0.4) is 0 Å². The lowest BCUT2D eigenvalue weighted by Crippen LogP contribution is -2.42. The van der Waals surface area contributed by atoms with Crippen molar-refractivity contribution >= 4 is 0 Å². The molecule has 1 N–H and O–H groups in total. The second kappa shape index (κ2) is 4.64. The molecule has 0 aliphatic carbocycles. The van der Waals surface area contributed by atoms with Crippen molar-refractivity contribution < 1.29 is 17.6 Å². The Balaban J connectivity index is 3.75. The maximum Gasteiger partial charge on any atom is 0.319 e. The van der Waals surface area contributed by atoms with E-state index in [9.17, 15) is 17.6 Å². The Morgan fingerprint density at radius 1 is 1.33 bits per heavy atom. The highest BCUT2D eigenvalue weighted by Crippen LogP contribution is 2.21. The number of hydrogen-bond donors (Lipinski definition) is 1. The van der Waals surface area contributed by atoms with E-state index in [0.29, 0.717) is 6.42 Å². The van der Waals surface area contributed by atoms with Gasteiger partial charge in [0, 0.05) is 6.04 Å². The van der Waals surface area contributed by atoms with E-state index in [0.717, 1.165) is 0 Å². The molecule has 0 amide bonds. The van der Waals surface area contributed by atoms with Crippen LogP contribution in [0.4, 0.5) is 17.6 Å². The van der Waals surface area contributed by atoms with Gasteiger partial charge in [-0.1, -0.05) is 6.92 Å². The third kappa shape index (κ3) is 3.90. The normalized spacial score (nSPS) is 15.2. The van der Waals surface area contributed by atoms with Crippen LogP contribution in [-0.4, -0.2) is 24.9 Å². The van der Waals surface area contributed by atoms with Crippen LogP contribution in [0.1, 0.15) is 20.3 Å². The Labute approximate surface area is 69.1 Å². The van der Waals surface area contributed by atoms with Crippen molar-refractivity contribution in [1.29, 1.82) is 0 Å². The lowest BCUT2D eigenvalue weighted by Gasteiger charge is -2.18. The number of alkyl halides is 4. The summed E-state index contributed by atoms with van der Waals surface area (Å²) in [5, 5.41) is 2.32. The van der Waals surface area contributed by atoms with Crippen LogP contribution in [0.25, 0.3) is 0 Å². The first-order valence-corrected chi connectivity index (χ1v) is 3.79. The summed E-state index contributed by atoms with van der Waals surface area (Å²) in [6.45, 7) is 2.50. The van der Waals surface area contributed by atoms with Gasteiger partial charge in [-0.05, 0) is 13.3 Å². The molecule has 0 radical (unpaired) electrons. The van der Waals surface area contributed by atoms with Crippen LogP contribution < -0.4 is 5.32 Å². The molecule has 5 heteroatoms. The van der Waals surface area contributed by atoms with E-state index in [1.807, 2.05) is 0 Å². The monoisotopic (exact) mass is 187 g/mol. The van der Waals surface area contributed by atoms with Gasteiger partial charge >= 0.3 is 12.3 Å². The quantitative estimate of drug-likeness (QED) is 0.651. The summed E-state index contributed by atoms with van der Waals surface area (Å²) in [6.07, 6.45) is -2.95. The Kier molecular flexibility index (Phi) is 4.52. The SMILES string of the molecule is CCC(C)NCC(F)(F)C(F)F. The molecule has 1 atom stereocenters. The molecule has 0 rings (SSSR count). The molecule has 0 aliphatic heterocycles. The maximum atomic E-state index is 12.2. The van der Waals surface area contributed by atoms with Crippen LogP contribution in [0, 0.1) is 0 Å². The molecular weight excluding hydrogens is 174 g/mol. The van der Waals surface area contributed by atoms with Crippen molar-refractivity contribution in [3.63, 3.8) is 0 Å². The van der Waals surface area contributed by atoms with Crippen LogP contribution in [0.2, 0.25) is 0 Å². The molecule has 0 aliphatic rings. The summed E-state index contributed by atoms with van der Waals surface area (Å²) in [4.78, 5) is 0. The zero-order valence-corrected chi connectivity index (χ0v) is 7.08. The molecule has 0 heterocycles. The summed E-state index contributed by atoms with van der Waals surface area (Å²) in [5.41, 5.74) is 0. The predicted molar refractivity (Wildman–Crippen MR) is 38.7 cm³/mol. The first kappa shape index (κ1) is 11.7. The topological polar surface area (TPSA) is 12.0 Å². The molecule has 0 saturated carbocycles. The molecule has 1 nitrogen and oxygen atoms in total. The van der Waals surface area contributed by atoms with Crippen molar-refractivity contribution in [1.82, 2.24) is 5.32 Å². The van der Waals surface area contributed by atoms with Gasteiger partial charge in [-0.2, -0.15) is 8.78 Å². The fourth-order valence-electron chi connectivity index (χ4n) is 0.532. The Morgan fingerprint density at radius 3 is 2.17 bits per heavy atom. The third-order valence-corrected chi connectivity index (χ3v) is 1.62. The molecule has 74 valence electrons. The first-order chi connectivity index (χ1) is 5.40. The van der Waals surface area contributed by atoms with E-state index in [4.69, 9.17) is 0 Å². The fourth-order valence-corrected chi connectivity index (χ4v) is 0.532. The highest BCUT2D eigenvalue weighted by Gasteiger charge is 2.40. The predicted octanol–water partition coefficient (Wildman–Crippen LogP) is 2.27. The lowest BCUT2D eigenvalue weighted by molar-refractivity contribution is -0.126. The molecule has 0 aromatic rings. The molecule has 0 aromatic heterocycles. The molecule has 0 aromatic carbocycles. The molecule has 0 fully saturated rings. The molecule has 0 saturated heterocycles.